The Morgan fingerprint density at radius 3 is 1.12 bits per heavy atom. The largest absolute Gasteiger partial charge is 0.466 e. The van der Waals surface area contributed by atoms with E-state index in [4.69, 9.17) is 4.74 Å². The van der Waals surface area contributed by atoms with Crippen LogP contribution in [0.5, 0.6) is 0 Å². The van der Waals surface area contributed by atoms with Crippen molar-refractivity contribution < 1.29 is 24.5 Å². The van der Waals surface area contributed by atoms with E-state index in [1.54, 1.807) is 0 Å². The van der Waals surface area contributed by atoms with Crippen molar-refractivity contribution in [3.05, 3.63) is 12.2 Å². The van der Waals surface area contributed by atoms with E-state index in [0.717, 1.165) is 44.9 Å². The molecule has 3 N–H and O–H groups in total. The molecule has 0 rings (SSSR count). The Balaban J connectivity index is 3.36. The van der Waals surface area contributed by atoms with E-state index in [2.05, 4.69) is 31.3 Å². The first-order valence-electron chi connectivity index (χ1n) is 29.9. The molecule has 392 valence electrons. The van der Waals surface area contributed by atoms with Crippen LogP contribution < -0.4 is 5.32 Å². The molecule has 2 unspecified atom stereocenters. The van der Waals surface area contributed by atoms with Crippen LogP contribution >= 0.6 is 0 Å². The van der Waals surface area contributed by atoms with Gasteiger partial charge in [0.05, 0.1) is 25.4 Å². The minimum Gasteiger partial charge on any atom is -0.466 e. The van der Waals surface area contributed by atoms with E-state index in [0.29, 0.717) is 25.9 Å². The van der Waals surface area contributed by atoms with Gasteiger partial charge in [-0.1, -0.05) is 289 Å². The summed E-state index contributed by atoms with van der Waals surface area (Å²) in [5.41, 5.74) is 0. The summed E-state index contributed by atoms with van der Waals surface area (Å²) in [7, 11) is 0. The molecule has 0 aliphatic heterocycles. The molecule has 0 aliphatic rings. The predicted octanol–water partition coefficient (Wildman–Crippen LogP) is 18.5. The lowest BCUT2D eigenvalue weighted by atomic mass is 10.0. The zero-order valence-electron chi connectivity index (χ0n) is 44.7. The fourth-order valence-electron chi connectivity index (χ4n) is 9.45. The van der Waals surface area contributed by atoms with Crippen molar-refractivity contribution in [1.82, 2.24) is 5.32 Å². The van der Waals surface area contributed by atoms with Gasteiger partial charge in [0.25, 0.3) is 0 Å². The summed E-state index contributed by atoms with van der Waals surface area (Å²) in [5, 5.41) is 23.3. The number of rotatable bonds is 56. The third-order valence-corrected chi connectivity index (χ3v) is 14.1. The average molecular weight is 933 g/mol. The maximum Gasteiger partial charge on any atom is 0.305 e. The van der Waals surface area contributed by atoms with Gasteiger partial charge in [0.2, 0.25) is 5.91 Å². The lowest BCUT2D eigenvalue weighted by molar-refractivity contribution is -0.143. The highest BCUT2D eigenvalue weighted by Crippen LogP contribution is 2.18. The molecule has 0 heterocycles. The second kappa shape index (κ2) is 56.2. The molecule has 0 fully saturated rings. The zero-order chi connectivity index (χ0) is 47.9. The Hall–Kier alpha value is -1.40. The van der Waals surface area contributed by atoms with Crippen LogP contribution in [-0.2, 0) is 14.3 Å². The number of amides is 1. The summed E-state index contributed by atoms with van der Waals surface area (Å²) in [6.45, 7) is 4.93. The number of aliphatic hydroxyl groups is 2. The molecule has 2 atom stereocenters. The van der Waals surface area contributed by atoms with E-state index >= 15 is 0 Å². The maximum atomic E-state index is 12.5. The van der Waals surface area contributed by atoms with E-state index in [1.807, 2.05) is 0 Å². The highest BCUT2D eigenvalue weighted by molar-refractivity contribution is 5.76. The van der Waals surface area contributed by atoms with Gasteiger partial charge in [-0.3, -0.25) is 9.59 Å². The zero-order valence-corrected chi connectivity index (χ0v) is 44.7. The molecule has 0 aromatic carbocycles. The van der Waals surface area contributed by atoms with Crippen molar-refractivity contribution in [3.63, 3.8) is 0 Å². The van der Waals surface area contributed by atoms with E-state index in [-0.39, 0.29) is 18.5 Å². The molecule has 1 amide bonds. The number of allylic oxidation sites excluding steroid dienone is 2. The number of nitrogens with one attached hydrogen (secondary N) is 1. The minimum atomic E-state index is -0.662. The van der Waals surface area contributed by atoms with Gasteiger partial charge in [-0.2, -0.15) is 0 Å². The molecular formula is C60H117NO5. The standard InChI is InChI=1S/C60H117NO5/c1-3-5-7-9-11-13-15-16-29-33-36-40-44-48-52-58(63)57(56-62)61-59(64)53-49-45-41-37-34-30-27-25-23-21-19-17-18-20-22-24-26-28-31-35-39-43-47-51-55-66-60(65)54-50-46-42-38-32-14-12-10-8-6-4-2/h10,12,57-58,62-63H,3-9,11,13-56H2,1-2H3,(H,61,64)/b12-10-. The van der Waals surface area contributed by atoms with Gasteiger partial charge >= 0.3 is 5.97 Å². The lowest BCUT2D eigenvalue weighted by Gasteiger charge is -2.22. The molecular weight excluding hydrogens is 815 g/mol. The van der Waals surface area contributed by atoms with Crippen molar-refractivity contribution in [2.24, 2.45) is 0 Å². The van der Waals surface area contributed by atoms with Crippen LogP contribution in [0.2, 0.25) is 0 Å². The molecule has 6 nitrogen and oxygen atoms in total. The summed E-state index contributed by atoms with van der Waals surface area (Å²) in [5.74, 6) is -0.0272. The number of carbonyl (C=O) groups is 2. The van der Waals surface area contributed by atoms with Gasteiger partial charge in [0.15, 0.2) is 0 Å². The highest BCUT2D eigenvalue weighted by atomic mass is 16.5. The van der Waals surface area contributed by atoms with Crippen LogP contribution in [0, 0.1) is 0 Å². The van der Waals surface area contributed by atoms with Gasteiger partial charge in [-0.15, -0.1) is 0 Å². The topological polar surface area (TPSA) is 95.9 Å². The van der Waals surface area contributed by atoms with Crippen molar-refractivity contribution in [2.75, 3.05) is 13.2 Å². The summed E-state index contributed by atoms with van der Waals surface area (Å²) in [4.78, 5) is 24.5. The molecule has 0 bridgehead atoms. The fourth-order valence-corrected chi connectivity index (χ4v) is 9.45. The van der Waals surface area contributed by atoms with E-state index in [1.165, 1.54) is 257 Å². The number of hydrogen-bond donors (Lipinski definition) is 3. The predicted molar refractivity (Wildman–Crippen MR) is 287 cm³/mol. The Morgan fingerprint density at radius 2 is 0.727 bits per heavy atom. The molecule has 0 aliphatic carbocycles. The van der Waals surface area contributed by atoms with Gasteiger partial charge < -0.3 is 20.3 Å². The Kier molecular flexibility index (Phi) is 55.0. The first kappa shape index (κ1) is 64.6. The van der Waals surface area contributed by atoms with Crippen molar-refractivity contribution in [2.45, 2.75) is 347 Å². The number of ether oxygens (including phenoxy) is 1. The van der Waals surface area contributed by atoms with Gasteiger partial charge in [-0.25, -0.2) is 0 Å². The lowest BCUT2D eigenvalue weighted by Crippen LogP contribution is -2.45. The fraction of sp³-hybridized carbons (Fsp3) is 0.933. The van der Waals surface area contributed by atoms with Crippen molar-refractivity contribution >= 4 is 11.9 Å². The van der Waals surface area contributed by atoms with Crippen LogP contribution in [0.1, 0.15) is 335 Å². The minimum absolute atomic E-state index is 0.00475. The third kappa shape index (κ3) is 52.0. The normalized spacial score (nSPS) is 12.6. The number of esters is 1. The van der Waals surface area contributed by atoms with Crippen LogP contribution in [0.4, 0.5) is 0 Å². The second-order valence-electron chi connectivity index (χ2n) is 20.7. The Morgan fingerprint density at radius 1 is 0.409 bits per heavy atom. The van der Waals surface area contributed by atoms with Gasteiger partial charge in [-0.05, 0) is 44.9 Å². The number of aliphatic hydroxyl groups excluding tert-OH is 2. The molecule has 0 saturated heterocycles. The third-order valence-electron chi connectivity index (χ3n) is 14.1. The van der Waals surface area contributed by atoms with Crippen LogP contribution in [0.15, 0.2) is 12.2 Å². The van der Waals surface area contributed by atoms with Gasteiger partial charge in [0, 0.05) is 12.8 Å². The van der Waals surface area contributed by atoms with Gasteiger partial charge in [0.1, 0.15) is 0 Å². The van der Waals surface area contributed by atoms with Crippen LogP contribution in [0.3, 0.4) is 0 Å². The van der Waals surface area contributed by atoms with Crippen molar-refractivity contribution in [3.8, 4) is 0 Å². The summed E-state index contributed by atoms with van der Waals surface area (Å²) in [6.07, 6.45) is 66.5. The number of unbranched alkanes of at least 4 members (excludes halogenated alkanes) is 43. The van der Waals surface area contributed by atoms with E-state index in [9.17, 15) is 19.8 Å². The number of hydrogen-bond acceptors (Lipinski definition) is 5. The van der Waals surface area contributed by atoms with Crippen molar-refractivity contribution in [1.29, 1.82) is 0 Å². The first-order chi connectivity index (χ1) is 32.5. The molecule has 0 aromatic rings. The van der Waals surface area contributed by atoms with E-state index < -0.39 is 12.1 Å². The Bertz CT molecular complexity index is 986. The molecule has 0 spiro atoms. The maximum absolute atomic E-state index is 12.5. The van der Waals surface area contributed by atoms with Crippen LogP contribution in [0.25, 0.3) is 0 Å². The Labute approximate surface area is 412 Å². The average Bonchev–Trinajstić information content (AvgIpc) is 3.32. The molecule has 0 saturated carbocycles. The second-order valence-corrected chi connectivity index (χ2v) is 20.7. The highest BCUT2D eigenvalue weighted by Gasteiger charge is 2.20. The van der Waals surface area contributed by atoms with Crippen LogP contribution in [-0.4, -0.2) is 47.4 Å². The molecule has 0 radical (unpaired) electrons. The summed E-state index contributed by atoms with van der Waals surface area (Å²) < 4.78 is 5.46. The molecule has 0 aromatic heterocycles. The summed E-state index contributed by atoms with van der Waals surface area (Å²) >= 11 is 0. The number of carbonyl (C=O) groups excluding carboxylic acids is 2. The SMILES string of the molecule is CCCC/C=C\CCCCCCCC(=O)OCCCCCCCCCCCCCCCCCCCCCCCCCCC(=O)NC(CO)C(O)CCCCCCCCCCCCCCCC. The smallest absolute Gasteiger partial charge is 0.305 e. The molecule has 6 heteroatoms. The first-order valence-corrected chi connectivity index (χ1v) is 29.9. The monoisotopic (exact) mass is 932 g/mol. The quantitative estimate of drug-likeness (QED) is 0.0321. The summed E-state index contributed by atoms with van der Waals surface area (Å²) in [6, 6.07) is -0.539. The molecule has 66 heavy (non-hydrogen) atoms.